The van der Waals surface area contributed by atoms with Crippen molar-refractivity contribution < 1.29 is 9.53 Å². The summed E-state index contributed by atoms with van der Waals surface area (Å²) in [6.07, 6.45) is 3.87. The van der Waals surface area contributed by atoms with E-state index in [-0.39, 0.29) is 5.41 Å². The van der Waals surface area contributed by atoms with Crippen LogP contribution in [0.2, 0.25) is 0 Å². The number of carbonyl (C=O) groups excluding carboxylic acids is 1. The largest absolute Gasteiger partial charge is 0.379 e. The lowest BCUT2D eigenvalue weighted by Crippen LogP contribution is -2.39. The first-order chi connectivity index (χ1) is 7.57. The van der Waals surface area contributed by atoms with Gasteiger partial charge < -0.3 is 4.74 Å². The van der Waals surface area contributed by atoms with E-state index in [0.29, 0.717) is 12.2 Å². The molecule has 0 saturated carbocycles. The number of nitrogens with zero attached hydrogens (tertiary/aromatic N) is 1. The van der Waals surface area contributed by atoms with Gasteiger partial charge in [-0.15, -0.1) is 0 Å². The third kappa shape index (κ3) is 2.92. The van der Waals surface area contributed by atoms with E-state index in [2.05, 4.69) is 24.8 Å². The monoisotopic (exact) mass is 223 g/mol. The van der Waals surface area contributed by atoms with Crippen LogP contribution in [0.5, 0.6) is 0 Å². The Morgan fingerprint density at radius 1 is 1.38 bits per heavy atom. The van der Waals surface area contributed by atoms with Crippen LogP contribution in [0.3, 0.4) is 0 Å². The molecule has 0 amide bonds. The Bertz CT molecular complexity index is 301. The highest BCUT2D eigenvalue weighted by molar-refractivity contribution is 5.96. The van der Waals surface area contributed by atoms with Crippen LogP contribution in [-0.2, 0) is 9.53 Å². The number of allylic oxidation sites excluding steroid dienone is 1. The number of rotatable bonds is 2. The minimum absolute atomic E-state index is 0.190. The Kier molecular flexibility index (Phi) is 3.45. The van der Waals surface area contributed by atoms with Crippen molar-refractivity contribution in [2.75, 3.05) is 32.8 Å². The summed E-state index contributed by atoms with van der Waals surface area (Å²) >= 11 is 0. The second-order valence-corrected chi connectivity index (χ2v) is 5.47. The van der Waals surface area contributed by atoms with Gasteiger partial charge in [0, 0.05) is 31.6 Å². The van der Waals surface area contributed by atoms with Crippen molar-refractivity contribution in [1.82, 2.24) is 4.90 Å². The molecule has 2 rings (SSSR count). The van der Waals surface area contributed by atoms with E-state index in [4.69, 9.17) is 4.74 Å². The molecule has 3 nitrogen and oxygen atoms in total. The van der Waals surface area contributed by atoms with Crippen molar-refractivity contribution in [2.45, 2.75) is 26.7 Å². The maximum atomic E-state index is 11.8. The Hall–Kier alpha value is -0.670. The molecule has 0 radical (unpaired) electrons. The maximum absolute atomic E-state index is 11.8. The van der Waals surface area contributed by atoms with Gasteiger partial charge >= 0.3 is 0 Å². The molecule has 2 aliphatic rings. The van der Waals surface area contributed by atoms with Crippen molar-refractivity contribution in [3.05, 3.63) is 11.6 Å². The minimum Gasteiger partial charge on any atom is -0.379 e. The first kappa shape index (κ1) is 11.8. The molecule has 0 aromatic carbocycles. The molecule has 0 bridgehead atoms. The van der Waals surface area contributed by atoms with Gasteiger partial charge in [-0.25, -0.2) is 0 Å². The normalized spacial score (nSPS) is 26.6. The van der Waals surface area contributed by atoms with Gasteiger partial charge in [0.15, 0.2) is 5.78 Å². The summed E-state index contributed by atoms with van der Waals surface area (Å²) in [6, 6.07) is 0. The lowest BCUT2D eigenvalue weighted by molar-refractivity contribution is -0.117. The fourth-order valence-corrected chi connectivity index (χ4v) is 2.35. The number of ether oxygens (including phenoxy) is 1. The molecule has 0 aromatic rings. The second kappa shape index (κ2) is 4.68. The van der Waals surface area contributed by atoms with Gasteiger partial charge in [-0.05, 0) is 11.8 Å². The van der Waals surface area contributed by atoms with Crippen LogP contribution in [0.25, 0.3) is 0 Å². The average molecular weight is 223 g/mol. The van der Waals surface area contributed by atoms with Gasteiger partial charge in [-0.3, -0.25) is 9.69 Å². The van der Waals surface area contributed by atoms with Crippen LogP contribution in [0, 0.1) is 5.41 Å². The number of hydrogen-bond acceptors (Lipinski definition) is 3. The summed E-state index contributed by atoms with van der Waals surface area (Å²) in [7, 11) is 0. The number of carbonyl (C=O) groups is 1. The second-order valence-electron chi connectivity index (χ2n) is 5.47. The van der Waals surface area contributed by atoms with E-state index in [1.54, 1.807) is 0 Å². The molecule has 0 unspecified atom stereocenters. The molecule has 90 valence electrons. The molecule has 0 spiro atoms. The Morgan fingerprint density at radius 3 is 2.75 bits per heavy atom. The number of hydrogen-bond donors (Lipinski definition) is 0. The predicted molar refractivity (Wildman–Crippen MR) is 63.4 cm³/mol. The zero-order valence-corrected chi connectivity index (χ0v) is 10.3. The van der Waals surface area contributed by atoms with Gasteiger partial charge in [0.1, 0.15) is 0 Å². The quantitative estimate of drug-likeness (QED) is 0.712. The predicted octanol–water partition coefficient (Wildman–Crippen LogP) is 1.63. The fraction of sp³-hybridized carbons (Fsp3) is 0.769. The smallest absolute Gasteiger partial charge is 0.159 e. The lowest BCUT2D eigenvalue weighted by atomic mass is 9.79. The van der Waals surface area contributed by atoms with Crippen LogP contribution >= 0.6 is 0 Å². The molecule has 1 heterocycles. The molecule has 1 fully saturated rings. The summed E-state index contributed by atoms with van der Waals surface area (Å²) in [5, 5.41) is 0. The highest BCUT2D eigenvalue weighted by atomic mass is 16.5. The van der Waals surface area contributed by atoms with Gasteiger partial charge in [-0.1, -0.05) is 19.9 Å². The number of Topliss-reactive ketones (excluding diaryl/α,β-unsaturated/α-hetero) is 1. The molecular formula is C13H21NO2. The summed E-state index contributed by atoms with van der Waals surface area (Å²) in [6.45, 7) is 8.72. The van der Waals surface area contributed by atoms with Crippen molar-refractivity contribution in [3.63, 3.8) is 0 Å². The summed E-state index contributed by atoms with van der Waals surface area (Å²) in [4.78, 5) is 14.1. The molecule has 0 N–H and O–H groups in total. The van der Waals surface area contributed by atoms with E-state index >= 15 is 0 Å². The van der Waals surface area contributed by atoms with Crippen molar-refractivity contribution >= 4 is 5.78 Å². The van der Waals surface area contributed by atoms with Crippen LogP contribution in [-0.4, -0.2) is 43.5 Å². The fourth-order valence-electron chi connectivity index (χ4n) is 2.35. The van der Waals surface area contributed by atoms with Gasteiger partial charge in [0.05, 0.1) is 13.2 Å². The number of ketones is 1. The molecule has 1 saturated heterocycles. The number of morpholine rings is 1. The Labute approximate surface area is 97.5 Å². The van der Waals surface area contributed by atoms with Crippen LogP contribution < -0.4 is 0 Å². The molecule has 0 aromatic heterocycles. The zero-order valence-electron chi connectivity index (χ0n) is 10.3. The van der Waals surface area contributed by atoms with Crippen molar-refractivity contribution in [2.24, 2.45) is 5.41 Å². The van der Waals surface area contributed by atoms with E-state index < -0.39 is 0 Å². The summed E-state index contributed by atoms with van der Waals surface area (Å²) < 4.78 is 5.31. The molecule has 1 aliphatic carbocycles. The summed E-state index contributed by atoms with van der Waals surface area (Å²) in [5.41, 5.74) is 1.20. The SMILES string of the molecule is CC1(C)C=C(CN2CCOCC2)C(=O)CC1. The molecule has 0 atom stereocenters. The van der Waals surface area contributed by atoms with E-state index in [9.17, 15) is 4.79 Å². The molecule has 16 heavy (non-hydrogen) atoms. The third-order valence-corrected chi connectivity index (χ3v) is 3.42. The standard InChI is InChI=1S/C13H21NO2/c1-13(2)4-3-12(15)11(9-13)10-14-5-7-16-8-6-14/h9H,3-8,10H2,1-2H3. The van der Waals surface area contributed by atoms with Crippen LogP contribution in [0.1, 0.15) is 26.7 Å². The van der Waals surface area contributed by atoms with Gasteiger partial charge in [0.25, 0.3) is 0 Å². The zero-order chi connectivity index (χ0) is 11.6. The van der Waals surface area contributed by atoms with E-state index in [1.165, 1.54) is 0 Å². The highest BCUT2D eigenvalue weighted by Crippen LogP contribution is 2.31. The molecule has 3 heteroatoms. The van der Waals surface area contributed by atoms with Crippen LogP contribution in [0.15, 0.2) is 11.6 Å². The highest BCUT2D eigenvalue weighted by Gasteiger charge is 2.27. The maximum Gasteiger partial charge on any atom is 0.159 e. The Balaban J connectivity index is 2.01. The topological polar surface area (TPSA) is 29.5 Å². The Morgan fingerprint density at radius 2 is 2.06 bits per heavy atom. The van der Waals surface area contributed by atoms with Crippen LogP contribution in [0.4, 0.5) is 0 Å². The third-order valence-electron chi connectivity index (χ3n) is 3.42. The molecule has 1 aliphatic heterocycles. The first-order valence-electron chi connectivity index (χ1n) is 6.12. The van der Waals surface area contributed by atoms with Gasteiger partial charge in [-0.2, -0.15) is 0 Å². The lowest BCUT2D eigenvalue weighted by Gasteiger charge is -2.31. The molecular weight excluding hydrogens is 202 g/mol. The van der Waals surface area contributed by atoms with Crippen molar-refractivity contribution in [1.29, 1.82) is 0 Å². The van der Waals surface area contributed by atoms with Crippen molar-refractivity contribution in [3.8, 4) is 0 Å². The van der Waals surface area contributed by atoms with E-state index in [1.807, 2.05) is 0 Å². The van der Waals surface area contributed by atoms with Gasteiger partial charge in [0.2, 0.25) is 0 Å². The first-order valence-corrected chi connectivity index (χ1v) is 6.12. The van der Waals surface area contributed by atoms with E-state index in [0.717, 1.165) is 44.8 Å². The average Bonchev–Trinajstić information content (AvgIpc) is 2.25. The summed E-state index contributed by atoms with van der Waals surface area (Å²) in [5.74, 6) is 0.339. The minimum atomic E-state index is 0.190.